The molecular weight excluding hydrogens is 461 g/mol. The first-order chi connectivity index (χ1) is 16.6. The summed E-state index contributed by atoms with van der Waals surface area (Å²) in [7, 11) is 0. The van der Waals surface area contributed by atoms with Crippen molar-refractivity contribution in [3.8, 4) is 11.3 Å². The molecule has 3 N–H and O–H groups in total. The summed E-state index contributed by atoms with van der Waals surface area (Å²) in [6, 6.07) is 0.0153. The number of hydrogen-bond donors (Lipinski definition) is 3. The van der Waals surface area contributed by atoms with Gasteiger partial charge in [-0.1, -0.05) is 0 Å². The smallest absolute Gasteiger partial charge is 0.381 e. The maximum absolute atomic E-state index is 13.9. The Hall–Kier alpha value is -2.66. The van der Waals surface area contributed by atoms with Crippen LogP contribution in [0.25, 0.3) is 11.3 Å². The molecule has 0 aliphatic carbocycles. The number of ether oxygens (including phenoxy) is 1. The highest BCUT2D eigenvalue weighted by Crippen LogP contribution is 2.39. The van der Waals surface area contributed by atoms with Crippen LogP contribution in [0.2, 0.25) is 0 Å². The van der Waals surface area contributed by atoms with Crippen molar-refractivity contribution in [3.05, 3.63) is 29.2 Å². The SMILES string of the molecule is CC1(C)CC[C@H](Nc2ncc(C(F)(F)F)c(-c3c[nH]c4c3CCCN(CC3COC3)C4=O)n2)CN1. The van der Waals surface area contributed by atoms with Crippen LogP contribution in [-0.4, -0.2) is 70.2 Å². The molecule has 1 amide bonds. The number of rotatable bonds is 5. The van der Waals surface area contributed by atoms with Crippen LogP contribution in [-0.2, 0) is 17.3 Å². The summed E-state index contributed by atoms with van der Waals surface area (Å²) in [6.45, 7) is 7.33. The Balaban J connectivity index is 1.45. The number of H-pyrrole nitrogens is 1. The second-order valence-corrected chi connectivity index (χ2v) is 10.4. The summed E-state index contributed by atoms with van der Waals surface area (Å²) >= 11 is 0. The van der Waals surface area contributed by atoms with Gasteiger partial charge in [-0.15, -0.1) is 0 Å². The molecule has 2 saturated heterocycles. The maximum atomic E-state index is 13.9. The predicted molar refractivity (Wildman–Crippen MR) is 124 cm³/mol. The van der Waals surface area contributed by atoms with Crippen molar-refractivity contribution in [1.82, 2.24) is 25.2 Å². The summed E-state index contributed by atoms with van der Waals surface area (Å²) in [5.41, 5.74) is 0.149. The summed E-state index contributed by atoms with van der Waals surface area (Å²) in [5.74, 6) is 0.274. The number of amides is 1. The van der Waals surface area contributed by atoms with Gasteiger partial charge in [0.2, 0.25) is 5.95 Å². The number of nitrogens with zero attached hydrogens (tertiary/aromatic N) is 3. The average Bonchev–Trinajstić information content (AvgIpc) is 3.12. The van der Waals surface area contributed by atoms with Gasteiger partial charge >= 0.3 is 6.18 Å². The lowest BCUT2D eigenvalue weighted by Crippen LogP contribution is -2.50. The van der Waals surface area contributed by atoms with Crippen LogP contribution in [0.4, 0.5) is 19.1 Å². The fourth-order valence-corrected chi connectivity index (χ4v) is 4.99. The van der Waals surface area contributed by atoms with E-state index in [2.05, 4.69) is 39.4 Å². The zero-order valence-corrected chi connectivity index (χ0v) is 20.0. The standard InChI is InChI=1S/C24H31F3N6O2/c1-23(2)6-5-15(8-30-23)31-22-29-10-18(24(25,26)27)19(32-22)17-9-28-20-16(17)4-3-7-33(21(20)34)11-14-12-35-13-14/h9-10,14-15,28,30H,3-8,11-13H2,1-2H3,(H,29,31,32)/t15-/m0/s1. The number of halogens is 3. The second kappa shape index (κ2) is 9.09. The molecule has 190 valence electrons. The Morgan fingerprint density at radius 3 is 2.77 bits per heavy atom. The lowest BCUT2D eigenvalue weighted by molar-refractivity contribution is -0.137. The van der Waals surface area contributed by atoms with Crippen molar-refractivity contribution in [2.75, 3.05) is 38.2 Å². The number of nitrogens with one attached hydrogen (secondary N) is 3. The molecule has 3 aliphatic rings. The summed E-state index contributed by atoms with van der Waals surface area (Å²) in [6.07, 6.45) is 0.627. The Labute approximate surface area is 202 Å². The van der Waals surface area contributed by atoms with Crippen LogP contribution in [0.5, 0.6) is 0 Å². The molecular formula is C24H31F3N6O2. The number of piperidine rings is 1. The van der Waals surface area contributed by atoms with Gasteiger partial charge in [0, 0.05) is 55.1 Å². The predicted octanol–water partition coefficient (Wildman–Crippen LogP) is 3.47. The molecule has 2 fully saturated rings. The number of alkyl halides is 3. The fourth-order valence-electron chi connectivity index (χ4n) is 4.99. The first kappa shape index (κ1) is 24.1. The van der Waals surface area contributed by atoms with Crippen molar-refractivity contribution in [1.29, 1.82) is 0 Å². The quantitative estimate of drug-likeness (QED) is 0.592. The third-order valence-corrected chi connectivity index (χ3v) is 7.16. The van der Waals surface area contributed by atoms with E-state index < -0.39 is 11.7 Å². The molecule has 5 rings (SSSR count). The zero-order valence-electron chi connectivity index (χ0n) is 20.0. The molecule has 0 unspecified atom stereocenters. The molecule has 0 saturated carbocycles. The van der Waals surface area contributed by atoms with E-state index in [0.29, 0.717) is 68.4 Å². The molecule has 0 radical (unpaired) electrons. The molecule has 2 aromatic rings. The normalized spacial score (nSPS) is 22.9. The van der Waals surface area contributed by atoms with Gasteiger partial charge in [0.15, 0.2) is 0 Å². The first-order valence-corrected chi connectivity index (χ1v) is 12.1. The highest BCUT2D eigenvalue weighted by atomic mass is 19.4. The number of fused-ring (bicyclic) bond motifs is 1. The lowest BCUT2D eigenvalue weighted by atomic mass is 9.91. The van der Waals surface area contributed by atoms with Crippen molar-refractivity contribution >= 4 is 11.9 Å². The van der Waals surface area contributed by atoms with Crippen LogP contribution >= 0.6 is 0 Å². The lowest BCUT2D eigenvalue weighted by Gasteiger charge is -2.36. The van der Waals surface area contributed by atoms with Crippen LogP contribution < -0.4 is 10.6 Å². The Morgan fingerprint density at radius 2 is 2.11 bits per heavy atom. The molecule has 5 heterocycles. The monoisotopic (exact) mass is 492 g/mol. The first-order valence-electron chi connectivity index (χ1n) is 12.1. The molecule has 2 aromatic heterocycles. The minimum Gasteiger partial charge on any atom is -0.381 e. The number of carbonyl (C=O) groups excluding carboxylic acids is 1. The summed E-state index contributed by atoms with van der Waals surface area (Å²) in [5, 5.41) is 6.63. The molecule has 35 heavy (non-hydrogen) atoms. The van der Waals surface area contributed by atoms with Crippen LogP contribution in [0.3, 0.4) is 0 Å². The molecule has 11 heteroatoms. The van der Waals surface area contributed by atoms with Gasteiger partial charge in [0.1, 0.15) is 11.3 Å². The Morgan fingerprint density at radius 1 is 1.31 bits per heavy atom. The number of aromatic amines is 1. The molecule has 3 aliphatic heterocycles. The minimum atomic E-state index is -4.63. The van der Waals surface area contributed by atoms with E-state index in [1.807, 2.05) is 0 Å². The van der Waals surface area contributed by atoms with Gasteiger partial charge in [0.05, 0.1) is 18.9 Å². The maximum Gasteiger partial charge on any atom is 0.419 e. The van der Waals surface area contributed by atoms with Crippen molar-refractivity contribution in [2.45, 2.75) is 57.3 Å². The largest absolute Gasteiger partial charge is 0.419 e. The molecule has 1 atom stereocenters. The zero-order chi connectivity index (χ0) is 24.8. The van der Waals surface area contributed by atoms with E-state index in [1.165, 1.54) is 6.20 Å². The van der Waals surface area contributed by atoms with E-state index >= 15 is 0 Å². The second-order valence-electron chi connectivity index (χ2n) is 10.4. The molecule has 0 bridgehead atoms. The van der Waals surface area contributed by atoms with Crippen molar-refractivity contribution in [2.24, 2.45) is 5.92 Å². The van der Waals surface area contributed by atoms with Crippen LogP contribution in [0.15, 0.2) is 12.4 Å². The number of hydrogen-bond acceptors (Lipinski definition) is 6. The van der Waals surface area contributed by atoms with E-state index in [-0.39, 0.29) is 29.1 Å². The molecule has 0 spiro atoms. The van der Waals surface area contributed by atoms with Gasteiger partial charge in [-0.25, -0.2) is 9.97 Å². The van der Waals surface area contributed by atoms with Crippen molar-refractivity contribution < 1.29 is 22.7 Å². The van der Waals surface area contributed by atoms with E-state index in [0.717, 1.165) is 19.0 Å². The summed E-state index contributed by atoms with van der Waals surface area (Å²) in [4.78, 5) is 26.3. The number of aromatic nitrogens is 3. The highest BCUT2D eigenvalue weighted by Gasteiger charge is 2.38. The number of carbonyl (C=O) groups is 1. The van der Waals surface area contributed by atoms with Gasteiger partial charge in [-0.3, -0.25) is 4.79 Å². The van der Waals surface area contributed by atoms with Crippen LogP contribution in [0.1, 0.15) is 54.7 Å². The van der Waals surface area contributed by atoms with E-state index in [1.54, 1.807) is 4.90 Å². The van der Waals surface area contributed by atoms with E-state index in [4.69, 9.17) is 4.74 Å². The Kier molecular flexibility index (Phi) is 6.25. The highest BCUT2D eigenvalue weighted by molar-refractivity contribution is 5.96. The van der Waals surface area contributed by atoms with E-state index in [9.17, 15) is 18.0 Å². The third-order valence-electron chi connectivity index (χ3n) is 7.16. The van der Waals surface area contributed by atoms with Gasteiger partial charge in [-0.05, 0) is 45.1 Å². The van der Waals surface area contributed by atoms with Crippen molar-refractivity contribution in [3.63, 3.8) is 0 Å². The van der Waals surface area contributed by atoms with Crippen LogP contribution in [0, 0.1) is 5.92 Å². The Bertz CT molecular complexity index is 1090. The van der Waals surface area contributed by atoms with Gasteiger partial charge in [0.25, 0.3) is 5.91 Å². The average molecular weight is 493 g/mol. The topological polar surface area (TPSA) is 95.2 Å². The molecule has 8 nitrogen and oxygen atoms in total. The summed E-state index contributed by atoms with van der Waals surface area (Å²) < 4.78 is 47.1. The molecule has 0 aromatic carbocycles. The van der Waals surface area contributed by atoms with Gasteiger partial charge in [-0.2, -0.15) is 13.2 Å². The minimum absolute atomic E-state index is 0.0153. The van der Waals surface area contributed by atoms with Gasteiger partial charge < -0.3 is 25.3 Å². The fraction of sp³-hybridized carbons (Fsp3) is 0.625. The third kappa shape index (κ3) is 5.02. The number of anilines is 1.